The summed E-state index contributed by atoms with van der Waals surface area (Å²) in [5.41, 5.74) is 0.690. The number of nitrogens with one attached hydrogen (secondary N) is 1. The van der Waals surface area contributed by atoms with Gasteiger partial charge in [0.1, 0.15) is 12.4 Å². The molecule has 0 aromatic heterocycles. The third kappa shape index (κ3) is 8.73. The highest BCUT2D eigenvalue weighted by atomic mass is 35.5. The number of rotatable bonds is 10. The van der Waals surface area contributed by atoms with Crippen LogP contribution in [0.5, 0.6) is 5.75 Å². The highest BCUT2D eigenvalue weighted by Gasteiger charge is 2.11. The first kappa shape index (κ1) is 25.2. The Kier molecular flexibility index (Phi) is 15.1. The van der Waals surface area contributed by atoms with Crippen LogP contribution in [-0.2, 0) is 0 Å². The van der Waals surface area contributed by atoms with E-state index >= 15 is 0 Å². The van der Waals surface area contributed by atoms with Crippen LogP contribution in [0.2, 0.25) is 0 Å². The summed E-state index contributed by atoms with van der Waals surface area (Å²) in [5, 5.41) is 3.04. The van der Waals surface area contributed by atoms with E-state index in [1.807, 2.05) is 38.4 Å². The lowest BCUT2D eigenvalue weighted by Crippen LogP contribution is -2.32. The number of likely N-dealkylation sites (N-methyl/N-ethyl adjacent to an activating group) is 3. The summed E-state index contributed by atoms with van der Waals surface area (Å²) in [6.07, 6.45) is 0. The fraction of sp³-hybridized carbons (Fsp3) is 0.588. The number of amides is 1. The van der Waals surface area contributed by atoms with Crippen LogP contribution in [0.1, 0.15) is 24.2 Å². The molecule has 5 nitrogen and oxygen atoms in total. The second-order valence-electron chi connectivity index (χ2n) is 5.23. The molecule has 7 heteroatoms. The molecular weight excluding hydrogens is 349 g/mol. The van der Waals surface area contributed by atoms with Crippen LogP contribution < -0.4 is 10.1 Å². The molecular formula is C17H31Cl2N3O2. The Balaban J connectivity index is 0. The van der Waals surface area contributed by atoms with E-state index in [4.69, 9.17) is 4.74 Å². The van der Waals surface area contributed by atoms with Gasteiger partial charge in [0.15, 0.2) is 0 Å². The molecule has 1 N–H and O–H groups in total. The predicted molar refractivity (Wildman–Crippen MR) is 105 cm³/mol. The van der Waals surface area contributed by atoms with Crippen LogP contribution in [0.3, 0.4) is 0 Å². The minimum absolute atomic E-state index is 0. The molecule has 1 amide bonds. The Bertz CT molecular complexity index is 440. The average Bonchev–Trinajstić information content (AvgIpc) is 2.56. The summed E-state index contributed by atoms with van der Waals surface area (Å²) in [4.78, 5) is 16.2. The molecule has 1 rings (SSSR count). The molecule has 24 heavy (non-hydrogen) atoms. The standard InChI is InChI=1S/C17H29N3O2.2ClH/c1-5-20(6-2)13-14-22-16-9-7-15(8-10-16)17(21)19(4)12-11-18-3;;/h7-10,18H,5-6,11-14H2,1-4H3;2*1H. The Morgan fingerprint density at radius 3 is 2.17 bits per heavy atom. The first-order valence-electron chi connectivity index (χ1n) is 7.97. The van der Waals surface area contributed by atoms with Crippen molar-refractivity contribution in [3.63, 3.8) is 0 Å². The highest BCUT2D eigenvalue weighted by Crippen LogP contribution is 2.13. The van der Waals surface area contributed by atoms with Gasteiger partial charge in [-0.25, -0.2) is 0 Å². The fourth-order valence-corrected chi connectivity index (χ4v) is 2.13. The summed E-state index contributed by atoms with van der Waals surface area (Å²) in [7, 11) is 3.69. The molecule has 0 bridgehead atoms. The zero-order valence-corrected chi connectivity index (χ0v) is 16.7. The predicted octanol–water partition coefficient (Wildman–Crippen LogP) is 2.54. The molecule has 0 aliphatic heterocycles. The van der Waals surface area contributed by atoms with Crippen LogP contribution in [0.4, 0.5) is 0 Å². The van der Waals surface area contributed by atoms with Crippen molar-refractivity contribution in [3.05, 3.63) is 29.8 Å². The molecule has 0 atom stereocenters. The van der Waals surface area contributed by atoms with Gasteiger partial charge in [0.2, 0.25) is 0 Å². The fourth-order valence-electron chi connectivity index (χ4n) is 2.13. The minimum Gasteiger partial charge on any atom is -0.492 e. The van der Waals surface area contributed by atoms with Crippen molar-refractivity contribution >= 4 is 30.7 Å². The van der Waals surface area contributed by atoms with Crippen LogP contribution in [0, 0.1) is 0 Å². The maximum atomic E-state index is 12.2. The SMILES string of the molecule is CCN(CC)CCOc1ccc(C(=O)N(C)CCNC)cc1.Cl.Cl. The van der Waals surface area contributed by atoms with E-state index in [-0.39, 0.29) is 30.7 Å². The van der Waals surface area contributed by atoms with Crippen LogP contribution >= 0.6 is 24.8 Å². The third-order valence-corrected chi connectivity index (χ3v) is 3.72. The van der Waals surface area contributed by atoms with Gasteiger partial charge in [-0.2, -0.15) is 0 Å². The lowest BCUT2D eigenvalue weighted by Gasteiger charge is -2.18. The first-order valence-corrected chi connectivity index (χ1v) is 7.97. The molecule has 0 radical (unpaired) electrons. The molecule has 0 saturated heterocycles. The van der Waals surface area contributed by atoms with Crippen molar-refractivity contribution in [2.24, 2.45) is 0 Å². The van der Waals surface area contributed by atoms with Gasteiger partial charge < -0.3 is 19.9 Å². The van der Waals surface area contributed by atoms with Gasteiger partial charge >= 0.3 is 0 Å². The van der Waals surface area contributed by atoms with Gasteiger partial charge in [0, 0.05) is 32.2 Å². The number of hydrogen-bond acceptors (Lipinski definition) is 4. The van der Waals surface area contributed by atoms with E-state index in [2.05, 4.69) is 24.1 Å². The molecule has 0 aliphatic carbocycles. The van der Waals surface area contributed by atoms with Gasteiger partial charge in [-0.3, -0.25) is 4.79 Å². The Morgan fingerprint density at radius 2 is 1.67 bits per heavy atom. The van der Waals surface area contributed by atoms with E-state index < -0.39 is 0 Å². The van der Waals surface area contributed by atoms with Crippen LogP contribution in [-0.4, -0.2) is 69.1 Å². The van der Waals surface area contributed by atoms with Crippen molar-refractivity contribution in [2.75, 3.05) is 53.4 Å². The monoisotopic (exact) mass is 379 g/mol. The molecule has 1 aromatic carbocycles. The zero-order chi connectivity index (χ0) is 16.4. The summed E-state index contributed by atoms with van der Waals surface area (Å²) in [5.74, 6) is 0.839. The van der Waals surface area contributed by atoms with Gasteiger partial charge in [0.05, 0.1) is 0 Å². The number of nitrogens with zero attached hydrogens (tertiary/aromatic N) is 2. The lowest BCUT2D eigenvalue weighted by atomic mass is 10.2. The Morgan fingerprint density at radius 1 is 1.08 bits per heavy atom. The van der Waals surface area contributed by atoms with Gasteiger partial charge in [-0.1, -0.05) is 13.8 Å². The Labute approximate surface area is 158 Å². The van der Waals surface area contributed by atoms with E-state index in [1.165, 1.54) is 0 Å². The second kappa shape index (κ2) is 14.3. The molecule has 0 aliphatic rings. The van der Waals surface area contributed by atoms with Crippen molar-refractivity contribution < 1.29 is 9.53 Å². The normalized spacial score (nSPS) is 9.88. The van der Waals surface area contributed by atoms with Crippen molar-refractivity contribution in [1.82, 2.24) is 15.1 Å². The molecule has 0 unspecified atom stereocenters. The van der Waals surface area contributed by atoms with Crippen molar-refractivity contribution in [2.45, 2.75) is 13.8 Å². The third-order valence-electron chi connectivity index (χ3n) is 3.72. The van der Waals surface area contributed by atoms with Gasteiger partial charge in [-0.15, -0.1) is 24.8 Å². The number of carbonyl (C=O) groups is 1. The quantitative estimate of drug-likeness (QED) is 0.678. The van der Waals surface area contributed by atoms with Crippen LogP contribution in [0.25, 0.3) is 0 Å². The number of hydrogen-bond donors (Lipinski definition) is 1. The Hall–Kier alpha value is -1.01. The zero-order valence-electron chi connectivity index (χ0n) is 15.1. The summed E-state index contributed by atoms with van der Waals surface area (Å²) in [6, 6.07) is 7.37. The maximum absolute atomic E-state index is 12.2. The molecule has 1 aromatic rings. The smallest absolute Gasteiger partial charge is 0.253 e. The summed E-state index contributed by atoms with van der Waals surface area (Å²) in [6.45, 7) is 9.42. The molecule has 140 valence electrons. The summed E-state index contributed by atoms with van der Waals surface area (Å²) < 4.78 is 5.72. The van der Waals surface area contributed by atoms with E-state index in [0.29, 0.717) is 18.7 Å². The number of carbonyl (C=O) groups excluding carboxylic acids is 1. The minimum atomic E-state index is 0. The molecule has 0 spiro atoms. The summed E-state index contributed by atoms with van der Waals surface area (Å²) >= 11 is 0. The van der Waals surface area contributed by atoms with Gasteiger partial charge in [-0.05, 0) is 44.4 Å². The molecule has 0 fully saturated rings. The average molecular weight is 380 g/mol. The van der Waals surface area contributed by atoms with E-state index in [0.717, 1.165) is 31.9 Å². The van der Waals surface area contributed by atoms with Crippen molar-refractivity contribution in [3.8, 4) is 5.75 Å². The number of ether oxygens (including phenoxy) is 1. The molecule has 0 saturated carbocycles. The molecule has 0 heterocycles. The lowest BCUT2D eigenvalue weighted by molar-refractivity contribution is 0.0797. The van der Waals surface area contributed by atoms with Gasteiger partial charge in [0.25, 0.3) is 5.91 Å². The highest BCUT2D eigenvalue weighted by molar-refractivity contribution is 5.94. The van der Waals surface area contributed by atoms with Crippen LogP contribution in [0.15, 0.2) is 24.3 Å². The number of halogens is 2. The largest absolute Gasteiger partial charge is 0.492 e. The number of benzene rings is 1. The topological polar surface area (TPSA) is 44.8 Å². The van der Waals surface area contributed by atoms with E-state index in [1.54, 1.807) is 4.90 Å². The van der Waals surface area contributed by atoms with E-state index in [9.17, 15) is 4.79 Å². The first-order chi connectivity index (χ1) is 10.6. The second-order valence-corrected chi connectivity index (χ2v) is 5.23. The maximum Gasteiger partial charge on any atom is 0.253 e. The van der Waals surface area contributed by atoms with Crippen molar-refractivity contribution in [1.29, 1.82) is 0 Å².